The standard InChI is InChI=1S/C18H26N4O3/c1-20(14-7-3-2-4-8-14)17(24)13-22-16(23)10-9-15(19-22)18(25)21-11-5-6-12-21/h9-10,14H,2-8,11-13H2,1H3. The van der Waals surface area contributed by atoms with Gasteiger partial charge in [-0.15, -0.1) is 0 Å². The Bertz CT molecular complexity index is 688. The first-order valence-electron chi connectivity index (χ1n) is 9.19. The second-order valence-electron chi connectivity index (χ2n) is 7.01. The van der Waals surface area contributed by atoms with E-state index in [1.54, 1.807) is 16.8 Å². The van der Waals surface area contributed by atoms with Gasteiger partial charge in [0.25, 0.3) is 11.5 Å². The number of likely N-dealkylation sites (N-methyl/N-ethyl adjacent to an activating group) is 1. The van der Waals surface area contributed by atoms with Crippen LogP contribution in [0.15, 0.2) is 16.9 Å². The number of likely N-dealkylation sites (tertiary alicyclic amines) is 1. The molecule has 136 valence electrons. The highest BCUT2D eigenvalue weighted by molar-refractivity contribution is 5.92. The maximum atomic E-state index is 12.5. The zero-order valence-corrected chi connectivity index (χ0v) is 14.8. The van der Waals surface area contributed by atoms with Crippen LogP contribution in [-0.2, 0) is 11.3 Å². The van der Waals surface area contributed by atoms with Gasteiger partial charge in [-0.2, -0.15) is 5.10 Å². The minimum Gasteiger partial charge on any atom is -0.341 e. The maximum Gasteiger partial charge on any atom is 0.274 e. The van der Waals surface area contributed by atoms with Crippen LogP contribution in [0, 0.1) is 0 Å². The van der Waals surface area contributed by atoms with Crippen molar-refractivity contribution < 1.29 is 9.59 Å². The molecule has 1 aliphatic carbocycles. The number of carbonyl (C=O) groups excluding carboxylic acids is 2. The lowest BCUT2D eigenvalue weighted by Gasteiger charge is -2.31. The van der Waals surface area contributed by atoms with Gasteiger partial charge in [-0.25, -0.2) is 4.68 Å². The molecule has 3 rings (SSSR count). The first-order chi connectivity index (χ1) is 12.1. The van der Waals surface area contributed by atoms with Crippen molar-refractivity contribution in [1.29, 1.82) is 0 Å². The third-order valence-corrected chi connectivity index (χ3v) is 5.28. The van der Waals surface area contributed by atoms with E-state index in [4.69, 9.17) is 0 Å². The van der Waals surface area contributed by atoms with Gasteiger partial charge in [-0.1, -0.05) is 19.3 Å². The zero-order valence-electron chi connectivity index (χ0n) is 14.8. The Balaban J connectivity index is 1.70. The number of hydrogen-bond acceptors (Lipinski definition) is 4. The van der Waals surface area contributed by atoms with Crippen LogP contribution < -0.4 is 5.56 Å². The van der Waals surface area contributed by atoms with Gasteiger partial charge in [-0.3, -0.25) is 14.4 Å². The topological polar surface area (TPSA) is 75.5 Å². The van der Waals surface area contributed by atoms with Crippen LogP contribution in [0.4, 0.5) is 0 Å². The average Bonchev–Trinajstić information content (AvgIpc) is 3.17. The smallest absolute Gasteiger partial charge is 0.274 e. The van der Waals surface area contributed by atoms with Gasteiger partial charge >= 0.3 is 0 Å². The zero-order chi connectivity index (χ0) is 17.8. The molecule has 0 bridgehead atoms. The quantitative estimate of drug-likeness (QED) is 0.823. The fraction of sp³-hybridized carbons (Fsp3) is 0.667. The van der Waals surface area contributed by atoms with E-state index in [2.05, 4.69) is 5.10 Å². The van der Waals surface area contributed by atoms with E-state index in [9.17, 15) is 14.4 Å². The van der Waals surface area contributed by atoms with Gasteiger partial charge in [0.15, 0.2) is 0 Å². The maximum absolute atomic E-state index is 12.5. The lowest BCUT2D eigenvalue weighted by atomic mass is 9.94. The number of amides is 2. The lowest BCUT2D eigenvalue weighted by Crippen LogP contribution is -2.42. The summed E-state index contributed by atoms with van der Waals surface area (Å²) < 4.78 is 1.12. The number of rotatable bonds is 4. The molecule has 1 aromatic heterocycles. The van der Waals surface area contributed by atoms with Crippen LogP contribution in [-0.4, -0.2) is 57.6 Å². The van der Waals surface area contributed by atoms with Crippen LogP contribution in [0.2, 0.25) is 0 Å². The van der Waals surface area contributed by atoms with Crippen molar-refractivity contribution in [2.45, 2.75) is 57.5 Å². The largest absolute Gasteiger partial charge is 0.341 e. The third-order valence-electron chi connectivity index (χ3n) is 5.28. The first-order valence-corrected chi connectivity index (χ1v) is 9.19. The second-order valence-corrected chi connectivity index (χ2v) is 7.01. The summed E-state index contributed by atoms with van der Waals surface area (Å²) in [4.78, 5) is 40.5. The Kier molecular flexibility index (Phi) is 5.50. The minimum absolute atomic E-state index is 0.118. The van der Waals surface area contributed by atoms with Crippen LogP contribution in [0.25, 0.3) is 0 Å². The van der Waals surface area contributed by atoms with Crippen molar-refractivity contribution in [2.75, 3.05) is 20.1 Å². The fourth-order valence-corrected chi connectivity index (χ4v) is 3.67. The molecule has 0 unspecified atom stereocenters. The molecule has 0 aromatic carbocycles. The molecule has 0 atom stereocenters. The molecule has 1 aliphatic heterocycles. The summed E-state index contributed by atoms with van der Waals surface area (Å²) in [5, 5.41) is 4.15. The Hall–Kier alpha value is -2.18. The summed E-state index contributed by atoms with van der Waals surface area (Å²) in [6.45, 7) is 1.33. The molecule has 25 heavy (non-hydrogen) atoms. The van der Waals surface area contributed by atoms with E-state index in [1.165, 1.54) is 18.6 Å². The molecule has 7 heteroatoms. The monoisotopic (exact) mass is 346 g/mol. The SMILES string of the molecule is CN(C(=O)Cn1nc(C(=O)N2CCCC2)ccc1=O)C1CCCCC1. The molecule has 1 saturated carbocycles. The van der Waals surface area contributed by atoms with Crippen molar-refractivity contribution >= 4 is 11.8 Å². The minimum atomic E-state index is -0.358. The van der Waals surface area contributed by atoms with Gasteiger partial charge in [0, 0.05) is 32.2 Å². The number of carbonyl (C=O) groups is 2. The Labute approximate surface area is 147 Å². The molecule has 7 nitrogen and oxygen atoms in total. The van der Waals surface area contributed by atoms with Gasteiger partial charge in [0.05, 0.1) is 0 Å². The normalized spacial score (nSPS) is 18.4. The molecule has 0 N–H and O–H groups in total. The number of hydrogen-bond donors (Lipinski definition) is 0. The highest BCUT2D eigenvalue weighted by atomic mass is 16.2. The average molecular weight is 346 g/mol. The van der Waals surface area contributed by atoms with E-state index >= 15 is 0 Å². The summed E-state index contributed by atoms with van der Waals surface area (Å²) in [6, 6.07) is 3.02. The van der Waals surface area contributed by atoms with Crippen LogP contribution in [0.3, 0.4) is 0 Å². The molecule has 1 saturated heterocycles. The first kappa shape index (κ1) is 17.6. The second kappa shape index (κ2) is 7.80. The fourth-order valence-electron chi connectivity index (χ4n) is 3.67. The van der Waals surface area contributed by atoms with Crippen molar-refractivity contribution in [2.24, 2.45) is 0 Å². The van der Waals surface area contributed by atoms with Crippen molar-refractivity contribution in [3.05, 3.63) is 28.2 Å². The van der Waals surface area contributed by atoms with E-state index in [0.29, 0.717) is 0 Å². The molecule has 0 spiro atoms. The van der Waals surface area contributed by atoms with Gasteiger partial charge in [-0.05, 0) is 31.7 Å². The van der Waals surface area contributed by atoms with Crippen LogP contribution in [0.5, 0.6) is 0 Å². The van der Waals surface area contributed by atoms with Gasteiger partial charge in [0.2, 0.25) is 5.91 Å². The molecule has 2 aliphatic rings. The molecule has 0 radical (unpaired) electrons. The predicted octanol–water partition coefficient (Wildman–Crippen LogP) is 1.27. The highest BCUT2D eigenvalue weighted by Crippen LogP contribution is 2.21. The van der Waals surface area contributed by atoms with Crippen molar-refractivity contribution in [3.8, 4) is 0 Å². The van der Waals surface area contributed by atoms with E-state index in [0.717, 1.165) is 56.3 Å². The highest BCUT2D eigenvalue weighted by Gasteiger charge is 2.24. The van der Waals surface area contributed by atoms with E-state index < -0.39 is 0 Å². The van der Waals surface area contributed by atoms with Crippen molar-refractivity contribution in [1.82, 2.24) is 19.6 Å². The Morgan fingerprint density at radius 2 is 1.80 bits per heavy atom. The number of aromatic nitrogens is 2. The molecule has 2 heterocycles. The summed E-state index contributed by atoms with van der Waals surface area (Å²) in [6.07, 6.45) is 7.52. The molecule has 2 fully saturated rings. The summed E-state index contributed by atoms with van der Waals surface area (Å²) in [5.41, 5.74) is -0.127. The van der Waals surface area contributed by atoms with Crippen LogP contribution >= 0.6 is 0 Å². The van der Waals surface area contributed by atoms with Gasteiger partial charge in [0.1, 0.15) is 12.2 Å². The summed E-state index contributed by atoms with van der Waals surface area (Å²) in [5.74, 6) is -0.299. The van der Waals surface area contributed by atoms with Crippen molar-refractivity contribution in [3.63, 3.8) is 0 Å². The molecular formula is C18H26N4O3. The van der Waals surface area contributed by atoms with Gasteiger partial charge < -0.3 is 9.80 Å². The predicted molar refractivity (Wildman–Crippen MR) is 93.3 cm³/mol. The molecule has 2 amide bonds. The Morgan fingerprint density at radius 3 is 2.48 bits per heavy atom. The lowest BCUT2D eigenvalue weighted by molar-refractivity contribution is -0.133. The van der Waals surface area contributed by atoms with E-state index in [1.807, 2.05) is 0 Å². The summed E-state index contributed by atoms with van der Waals surface area (Å²) in [7, 11) is 1.79. The third kappa shape index (κ3) is 4.08. The molecule has 1 aromatic rings. The van der Waals surface area contributed by atoms with E-state index in [-0.39, 0.29) is 35.7 Å². The summed E-state index contributed by atoms with van der Waals surface area (Å²) >= 11 is 0. The molecular weight excluding hydrogens is 320 g/mol. The van der Waals surface area contributed by atoms with Crippen LogP contribution in [0.1, 0.15) is 55.4 Å². The number of nitrogens with zero attached hydrogens (tertiary/aromatic N) is 4. The Morgan fingerprint density at radius 1 is 1.12 bits per heavy atom.